The highest BCUT2D eigenvalue weighted by Gasteiger charge is 2.26. The van der Waals surface area contributed by atoms with Crippen LogP contribution in [0.4, 0.5) is 5.82 Å². The van der Waals surface area contributed by atoms with Gasteiger partial charge in [-0.2, -0.15) is 10.1 Å². The zero-order valence-electron chi connectivity index (χ0n) is 20.5. The van der Waals surface area contributed by atoms with Gasteiger partial charge < -0.3 is 29.7 Å². The van der Waals surface area contributed by atoms with Crippen LogP contribution in [0, 0.1) is 0 Å². The molecule has 0 spiro atoms. The molecule has 1 atom stereocenters. The van der Waals surface area contributed by atoms with E-state index in [0.29, 0.717) is 11.6 Å². The highest BCUT2D eigenvalue weighted by atomic mass is 16.5. The Kier molecular flexibility index (Phi) is 6.95. The minimum Gasteiger partial charge on any atom is -0.488 e. The zero-order chi connectivity index (χ0) is 26.6. The van der Waals surface area contributed by atoms with E-state index < -0.39 is 17.9 Å². The number of hydrogen-bond acceptors (Lipinski definition) is 11. The van der Waals surface area contributed by atoms with Crippen LogP contribution in [0.5, 0.6) is 17.4 Å². The summed E-state index contributed by atoms with van der Waals surface area (Å²) in [7, 11) is 1.74. The Morgan fingerprint density at radius 2 is 2.00 bits per heavy atom. The number of amides is 2. The third kappa shape index (κ3) is 6.10. The minimum atomic E-state index is -0.512. The maximum absolute atomic E-state index is 12.8. The summed E-state index contributed by atoms with van der Waals surface area (Å²) in [6.07, 6.45) is 5.76. The molecule has 14 nitrogen and oxygen atoms in total. The predicted octanol–water partition coefficient (Wildman–Crippen LogP) is 1.96. The highest BCUT2D eigenvalue weighted by molar-refractivity contribution is 6.04. The lowest BCUT2D eigenvalue weighted by Gasteiger charge is -2.15. The fourth-order valence-electron chi connectivity index (χ4n) is 3.27. The normalized spacial score (nSPS) is 13.6. The molecule has 196 valence electrons. The molecule has 5 rings (SSSR count). The number of carbonyl (C=O) groups is 2. The summed E-state index contributed by atoms with van der Waals surface area (Å²) in [5.41, 5.74) is 0.486. The summed E-state index contributed by atoms with van der Waals surface area (Å²) in [4.78, 5) is 37.4. The van der Waals surface area contributed by atoms with Crippen LogP contribution >= 0.6 is 0 Å². The van der Waals surface area contributed by atoms with Crippen molar-refractivity contribution in [1.82, 2.24) is 35.2 Å². The van der Waals surface area contributed by atoms with Crippen molar-refractivity contribution in [2.24, 2.45) is 7.05 Å². The molecule has 14 heteroatoms. The van der Waals surface area contributed by atoms with Crippen LogP contribution in [-0.2, 0) is 7.05 Å². The number of carbonyl (C=O) groups excluding carboxylic acids is 2. The van der Waals surface area contributed by atoms with Crippen LogP contribution in [0.25, 0.3) is 11.6 Å². The summed E-state index contributed by atoms with van der Waals surface area (Å²) >= 11 is 0. The van der Waals surface area contributed by atoms with Gasteiger partial charge in [-0.05, 0) is 31.9 Å². The van der Waals surface area contributed by atoms with E-state index in [-0.39, 0.29) is 47.3 Å². The van der Waals surface area contributed by atoms with Crippen molar-refractivity contribution in [2.45, 2.75) is 31.9 Å². The van der Waals surface area contributed by atoms with Gasteiger partial charge in [-0.25, -0.2) is 9.97 Å². The van der Waals surface area contributed by atoms with Gasteiger partial charge in [0.25, 0.3) is 23.5 Å². The molecule has 3 N–H and O–H groups in total. The molecule has 0 saturated heterocycles. The van der Waals surface area contributed by atoms with Crippen molar-refractivity contribution in [3.05, 3.63) is 54.2 Å². The van der Waals surface area contributed by atoms with Crippen LogP contribution in [0.3, 0.4) is 0 Å². The van der Waals surface area contributed by atoms with Gasteiger partial charge in [0.2, 0.25) is 5.88 Å². The van der Waals surface area contributed by atoms with Crippen molar-refractivity contribution >= 4 is 17.6 Å². The third-order valence-corrected chi connectivity index (χ3v) is 5.30. The zero-order valence-corrected chi connectivity index (χ0v) is 20.5. The molecule has 3 aromatic heterocycles. The van der Waals surface area contributed by atoms with Gasteiger partial charge >= 0.3 is 0 Å². The average molecular weight is 521 g/mol. The molecular weight excluding hydrogens is 496 g/mol. The van der Waals surface area contributed by atoms with Crippen LogP contribution in [0.15, 0.2) is 47.4 Å². The third-order valence-electron chi connectivity index (χ3n) is 5.30. The Morgan fingerprint density at radius 3 is 2.68 bits per heavy atom. The second kappa shape index (κ2) is 10.6. The second-order valence-electron chi connectivity index (χ2n) is 8.65. The maximum atomic E-state index is 12.8. The summed E-state index contributed by atoms with van der Waals surface area (Å²) in [5.74, 6) is 0.159. The van der Waals surface area contributed by atoms with Gasteiger partial charge in [-0.15, -0.1) is 0 Å². The van der Waals surface area contributed by atoms with E-state index in [1.54, 1.807) is 37.0 Å². The van der Waals surface area contributed by atoms with Gasteiger partial charge in [0.15, 0.2) is 5.82 Å². The molecule has 38 heavy (non-hydrogen) atoms. The van der Waals surface area contributed by atoms with E-state index in [4.69, 9.17) is 14.0 Å². The van der Waals surface area contributed by atoms with Crippen LogP contribution < -0.4 is 20.1 Å². The summed E-state index contributed by atoms with van der Waals surface area (Å²) < 4.78 is 18.2. The van der Waals surface area contributed by atoms with Crippen molar-refractivity contribution in [3.63, 3.8) is 0 Å². The number of rotatable bonds is 10. The number of aliphatic hydroxyl groups excluding tert-OH is 1. The SMILES string of the molecule is C[C@@H](CO)Oc1cc(Oc2cnc(-c3nc(C(=O)NC4CC4)no3)cn2)cc(C(=O)Nc2ccn(C)n2)c1. The largest absolute Gasteiger partial charge is 0.488 e. The number of aromatic nitrogens is 6. The number of ether oxygens (including phenoxy) is 2. The van der Waals surface area contributed by atoms with Crippen molar-refractivity contribution in [2.75, 3.05) is 11.9 Å². The van der Waals surface area contributed by atoms with Gasteiger partial charge in [-0.1, -0.05) is 5.16 Å². The molecule has 1 aromatic carbocycles. The molecule has 0 bridgehead atoms. The minimum absolute atomic E-state index is 0.0341. The lowest BCUT2D eigenvalue weighted by atomic mass is 10.2. The molecule has 4 aromatic rings. The van der Waals surface area contributed by atoms with E-state index in [0.717, 1.165) is 12.8 Å². The van der Waals surface area contributed by atoms with Gasteiger partial charge in [-0.3, -0.25) is 14.3 Å². The van der Waals surface area contributed by atoms with E-state index in [2.05, 4.69) is 35.8 Å². The molecule has 1 aliphatic rings. The van der Waals surface area contributed by atoms with E-state index in [1.165, 1.54) is 24.5 Å². The van der Waals surface area contributed by atoms with E-state index >= 15 is 0 Å². The summed E-state index contributed by atoms with van der Waals surface area (Å²) in [6, 6.07) is 6.42. The second-order valence-corrected chi connectivity index (χ2v) is 8.65. The smallest absolute Gasteiger partial charge is 0.292 e. The van der Waals surface area contributed by atoms with Crippen LogP contribution in [0.2, 0.25) is 0 Å². The standard InChI is InChI=1S/C24H24N8O6/c1-13(12-33)36-16-7-14(22(34)28-19-5-6-32(2)30-19)8-17(9-16)37-20-11-25-18(10-26-20)24-29-21(31-38-24)23(35)27-15-3-4-15/h5-11,13,15,33H,3-4,12H2,1-2H3,(H,27,35)(H,28,30,34)/t13-/m0/s1. The van der Waals surface area contributed by atoms with E-state index in [1.807, 2.05) is 0 Å². The fourth-order valence-corrected chi connectivity index (χ4v) is 3.27. The summed E-state index contributed by atoms with van der Waals surface area (Å²) in [5, 5.41) is 22.7. The highest BCUT2D eigenvalue weighted by Crippen LogP contribution is 2.28. The molecule has 0 radical (unpaired) electrons. The molecule has 1 aliphatic carbocycles. The number of nitrogens with one attached hydrogen (secondary N) is 2. The monoisotopic (exact) mass is 520 g/mol. The van der Waals surface area contributed by atoms with Gasteiger partial charge in [0, 0.05) is 37.0 Å². The lowest BCUT2D eigenvalue weighted by molar-refractivity contribution is 0.0937. The number of aryl methyl sites for hydroxylation is 1. The Labute approximate surface area is 216 Å². The van der Waals surface area contributed by atoms with Gasteiger partial charge in [0.1, 0.15) is 23.3 Å². The first kappa shape index (κ1) is 24.8. The molecular formula is C24H24N8O6. The van der Waals surface area contributed by atoms with Crippen molar-refractivity contribution in [3.8, 4) is 29.0 Å². The van der Waals surface area contributed by atoms with E-state index in [9.17, 15) is 14.7 Å². The first-order chi connectivity index (χ1) is 18.4. The quantitative estimate of drug-likeness (QED) is 0.278. The van der Waals surface area contributed by atoms with Gasteiger partial charge in [0.05, 0.1) is 19.0 Å². The van der Waals surface area contributed by atoms with Crippen molar-refractivity contribution in [1.29, 1.82) is 0 Å². The van der Waals surface area contributed by atoms with Crippen LogP contribution in [0.1, 0.15) is 40.7 Å². The Morgan fingerprint density at radius 1 is 1.18 bits per heavy atom. The topological polar surface area (TPSA) is 179 Å². The predicted molar refractivity (Wildman–Crippen MR) is 131 cm³/mol. The molecule has 3 heterocycles. The molecule has 1 fully saturated rings. The number of anilines is 1. The van der Waals surface area contributed by atoms with Crippen molar-refractivity contribution < 1.29 is 28.7 Å². The Hall–Kier alpha value is -4.85. The average Bonchev–Trinajstić information content (AvgIpc) is 3.40. The molecule has 1 saturated carbocycles. The number of nitrogens with zero attached hydrogens (tertiary/aromatic N) is 6. The Bertz CT molecular complexity index is 1450. The maximum Gasteiger partial charge on any atom is 0.292 e. The number of aliphatic hydroxyl groups is 1. The number of benzene rings is 1. The first-order valence-corrected chi connectivity index (χ1v) is 11.7. The molecule has 2 amide bonds. The molecule has 0 aliphatic heterocycles. The number of hydrogen-bond donors (Lipinski definition) is 3. The lowest BCUT2D eigenvalue weighted by Crippen LogP contribution is -2.26. The summed E-state index contributed by atoms with van der Waals surface area (Å²) in [6.45, 7) is 1.47. The fraction of sp³-hybridized carbons (Fsp3) is 0.292. The Balaban J connectivity index is 1.32. The van der Waals surface area contributed by atoms with Crippen LogP contribution in [-0.4, -0.2) is 65.6 Å². The molecule has 0 unspecified atom stereocenters. The first-order valence-electron chi connectivity index (χ1n) is 11.7.